The number of halogens is 4. The molecule has 2 rings (SSSR count). The smallest absolute Gasteiger partial charge is 0.380 e. The van der Waals surface area contributed by atoms with Crippen LogP contribution < -0.4 is 0 Å². The van der Waals surface area contributed by atoms with Crippen LogP contribution >= 0.6 is 22.9 Å². The highest BCUT2D eigenvalue weighted by molar-refractivity contribution is 7.15. The van der Waals surface area contributed by atoms with Crippen molar-refractivity contribution < 1.29 is 18.3 Å². The molecule has 102 valence electrons. The Kier molecular flexibility index (Phi) is 3.90. The summed E-state index contributed by atoms with van der Waals surface area (Å²) in [5, 5.41) is 10.5. The summed E-state index contributed by atoms with van der Waals surface area (Å²) in [6.07, 6.45) is -1.76. The molecule has 0 aliphatic heterocycles. The van der Waals surface area contributed by atoms with Gasteiger partial charge < -0.3 is 5.11 Å². The highest BCUT2D eigenvalue weighted by atomic mass is 35.5. The number of hydrogen-bond donors (Lipinski definition) is 1. The molecule has 2 atom stereocenters. The van der Waals surface area contributed by atoms with Crippen LogP contribution in [0, 0.1) is 5.92 Å². The minimum atomic E-state index is -4.58. The lowest BCUT2D eigenvalue weighted by atomic mass is 9.73. The Bertz CT molecular complexity index is 423. The Morgan fingerprint density at radius 3 is 2.78 bits per heavy atom. The van der Waals surface area contributed by atoms with Gasteiger partial charge in [-0.3, -0.25) is 0 Å². The van der Waals surface area contributed by atoms with Gasteiger partial charge in [0.05, 0.1) is 11.2 Å². The molecule has 0 amide bonds. The molecular formula is C11H13ClF3NOS. The molecule has 1 aromatic rings. The zero-order valence-electron chi connectivity index (χ0n) is 9.50. The lowest BCUT2D eigenvalue weighted by Crippen LogP contribution is -2.53. The van der Waals surface area contributed by atoms with Gasteiger partial charge in [-0.05, 0) is 12.8 Å². The van der Waals surface area contributed by atoms with E-state index in [4.69, 9.17) is 11.6 Å². The first-order valence-corrected chi connectivity index (χ1v) is 6.92. The fourth-order valence-corrected chi connectivity index (χ4v) is 3.50. The Labute approximate surface area is 112 Å². The normalized spacial score (nSPS) is 29.5. The van der Waals surface area contributed by atoms with E-state index in [1.54, 1.807) is 0 Å². The van der Waals surface area contributed by atoms with Crippen molar-refractivity contribution in [2.75, 3.05) is 0 Å². The van der Waals surface area contributed by atoms with Crippen molar-refractivity contribution in [3.63, 3.8) is 0 Å². The monoisotopic (exact) mass is 299 g/mol. The summed E-state index contributed by atoms with van der Waals surface area (Å²) in [7, 11) is 0. The van der Waals surface area contributed by atoms with Gasteiger partial charge in [-0.2, -0.15) is 13.2 Å². The maximum Gasteiger partial charge on any atom is 0.417 e. The van der Waals surface area contributed by atoms with Crippen molar-refractivity contribution >= 4 is 22.9 Å². The van der Waals surface area contributed by atoms with E-state index >= 15 is 0 Å². The number of rotatable bonds is 2. The van der Waals surface area contributed by atoms with Crippen LogP contribution in [0.1, 0.15) is 30.7 Å². The quantitative estimate of drug-likeness (QED) is 0.900. The van der Waals surface area contributed by atoms with Crippen LogP contribution in [0.5, 0.6) is 0 Å². The largest absolute Gasteiger partial charge is 0.417 e. The molecule has 1 aromatic heterocycles. The molecule has 0 saturated heterocycles. The predicted molar refractivity (Wildman–Crippen MR) is 63.8 cm³/mol. The Morgan fingerprint density at radius 1 is 1.50 bits per heavy atom. The summed E-state index contributed by atoms with van der Waals surface area (Å²) in [5.41, 5.74) is -2.58. The number of nitrogens with zero attached hydrogens (tertiary/aromatic N) is 1. The molecular weight excluding hydrogens is 287 g/mol. The van der Waals surface area contributed by atoms with Crippen molar-refractivity contribution in [2.45, 2.75) is 43.9 Å². The van der Waals surface area contributed by atoms with Gasteiger partial charge in [-0.25, -0.2) is 4.98 Å². The van der Waals surface area contributed by atoms with Crippen LogP contribution in [0.4, 0.5) is 13.2 Å². The maximum absolute atomic E-state index is 13.0. The predicted octanol–water partition coefficient (Wildman–Crippen LogP) is 3.82. The van der Waals surface area contributed by atoms with E-state index in [9.17, 15) is 18.3 Å². The molecule has 1 fully saturated rings. The second-order valence-corrected chi connectivity index (χ2v) is 6.37. The second kappa shape index (κ2) is 4.98. The number of alkyl halides is 3. The summed E-state index contributed by atoms with van der Waals surface area (Å²) in [6.45, 7) is 0. The average Bonchev–Trinajstić information content (AvgIpc) is 2.66. The number of hydrogen-bond acceptors (Lipinski definition) is 3. The van der Waals surface area contributed by atoms with Crippen molar-refractivity contribution in [1.82, 2.24) is 4.98 Å². The number of aliphatic hydroxyl groups is 1. The van der Waals surface area contributed by atoms with E-state index in [0.29, 0.717) is 28.6 Å². The van der Waals surface area contributed by atoms with Crippen molar-refractivity contribution in [3.8, 4) is 0 Å². The van der Waals surface area contributed by atoms with Gasteiger partial charge in [0.15, 0.2) is 5.60 Å². The SMILES string of the molecule is O[C@]1(C(F)(F)F)CCCC[C@H]1Cc1ncc(Cl)s1. The Morgan fingerprint density at radius 2 is 2.22 bits per heavy atom. The number of thiazole rings is 1. The summed E-state index contributed by atoms with van der Waals surface area (Å²) in [5.74, 6) is -0.825. The van der Waals surface area contributed by atoms with Gasteiger partial charge >= 0.3 is 6.18 Å². The Balaban J connectivity index is 2.18. The highest BCUT2D eigenvalue weighted by Gasteiger charge is 2.58. The first kappa shape index (κ1) is 14.1. The molecule has 0 aromatic carbocycles. The van der Waals surface area contributed by atoms with E-state index in [0.717, 1.165) is 0 Å². The van der Waals surface area contributed by atoms with Gasteiger partial charge in [0, 0.05) is 12.3 Å². The van der Waals surface area contributed by atoms with Crippen LogP contribution in [0.25, 0.3) is 0 Å². The molecule has 7 heteroatoms. The molecule has 1 aliphatic rings. The van der Waals surface area contributed by atoms with Gasteiger partial charge in [0.25, 0.3) is 0 Å². The third kappa shape index (κ3) is 2.65. The maximum atomic E-state index is 13.0. The summed E-state index contributed by atoms with van der Waals surface area (Å²) in [4.78, 5) is 3.97. The van der Waals surface area contributed by atoms with E-state index in [1.807, 2.05) is 0 Å². The van der Waals surface area contributed by atoms with Gasteiger partial charge in [-0.15, -0.1) is 11.3 Å². The molecule has 0 bridgehead atoms. The van der Waals surface area contributed by atoms with Gasteiger partial charge in [-0.1, -0.05) is 24.4 Å². The molecule has 2 nitrogen and oxygen atoms in total. The van der Waals surface area contributed by atoms with E-state index in [2.05, 4.69) is 4.98 Å². The lowest BCUT2D eigenvalue weighted by molar-refractivity contribution is -0.288. The molecule has 0 radical (unpaired) electrons. The third-order valence-corrected chi connectivity index (χ3v) is 4.61. The molecule has 1 heterocycles. The minimum Gasteiger partial charge on any atom is -0.380 e. The van der Waals surface area contributed by atoms with Crippen LogP contribution in [0.3, 0.4) is 0 Å². The topological polar surface area (TPSA) is 33.1 Å². The standard InChI is InChI=1S/C11H13ClF3NOS/c12-8-6-16-9(18-8)5-7-3-1-2-4-10(7,17)11(13,14)15/h6-7,17H,1-5H2/t7-,10+/m0/s1. The highest BCUT2D eigenvalue weighted by Crippen LogP contribution is 2.46. The first-order valence-electron chi connectivity index (χ1n) is 5.72. The molecule has 18 heavy (non-hydrogen) atoms. The summed E-state index contributed by atoms with van der Waals surface area (Å²) in [6, 6.07) is 0. The van der Waals surface area contributed by atoms with E-state index in [1.165, 1.54) is 17.5 Å². The zero-order chi connectivity index (χ0) is 13.4. The molecule has 1 N–H and O–H groups in total. The number of aromatic nitrogens is 1. The van der Waals surface area contributed by atoms with Gasteiger partial charge in [0.1, 0.15) is 4.34 Å². The van der Waals surface area contributed by atoms with Gasteiger partial charge in [0.2, 0.25) is 0 Å². The molecule has 1 saturated carbocycles. The van der Waals surface area contributed by atoms with Crippen molar-refractivity contribution in [2.24, 2.45) is 5.92 Å². The minimum absolute atomic E-state index is 0.132. The van der Waals surface area contributed by atoms with E-state index < -0.39 is 17.7 Å². The fourth-order valence-electron chi connectivity index (χ4n) is 2.47. The lowest BCUT2D eigenvalue weighted by Gasteiger charge is -2.40. The first-order chi connectivity index (χ1) is 8.33. The molecule has 1 aliphatic carbocycles. The summed E-state index contributed by atoms with van der Waals surface area (Å²) < 4.78 is 39.4. The zero-order valence-corrected chi connectivity index (χ0v) is 11.1. The second-order valence-electron chi connectivity index (χ2n) is 4.63. The van der Waals surface area contributed by atoms with Crippen LogP contribution in [0.15, 0.2) is 6.20 Å². The summed E-state index contributed by atoms with van der Waals surface area (Å²) >= 11 is 6.88. The van der Waals surface area contributed by atoms with Crippen LogP contribution in [-0.4, -0.2) is 21.9 Å². The Hall–Kier alpha value is -0.330. The van der Waals surface area contributed by atoms with E-state index in [-0.39, 0.29) is 12.8 Å². The third-order valence-electron chi connectivity index (χ3n) is 3.47. The fraction of sp³-hybridized carbons (Fsp3) is 0.727. The van der Waals surface area contributed by atoms with Crippen molar-refractivity contribution in [3.05, 3.63) is 15.5 Å². The van der Waals surface area contributed by atoms with Crippen molar-refractivity contribution in [1.29, 1.82) is 0 Å². The average molecular weight is 300 g/mol. The molecule has 0 unspecified atom stereocenters. The van der Waals surface area contributed by atoms with Crippen LogP contribution in [0.2, 0.25) is 4.34 Å². The molecule has 0 spiro atoms. The van der Waals surface area contributed by atoms with Crippen LogP contribution in [-0.2, 0) is 6.42 Å².